The minimum absolute atomic E-state index is 0.599. The summed E-state index contributed by atoms with van der Waals surface area (Å²) >= 11 is 0. The van der Waals surface area contributed by atoms with Crippen LogP contribution in [0.15, 0.2) is 12.4 Å². The molecular weight excluding hydrogens is 238 g/mol. The Kier molecular flexibility index (Phi) is 4.58. The van der Waals surface area contributed by atoms with Crippen molar-refractivity contribution < 1.29 is 0 Å². The fourth-order valence-electron chi connectivity index (χ4n) is 2.68. The van der Waals surface area contributed by atoms with Crippen molar-refractivity contribution in [3.05, 3.63) is 12.4 Å². The molecule has 2 heterocycles. The van der Waals surface area contributed by atoms with Crippen LogP contribution in [0.25, 0.3) is 0 Å². The number of likely N-dealkylation sites (N-methyl/N-ethyl adjacent to an activating group) is 1. The van der Waals surface area contributed by atoms with Gasteiger partial charge in [0.1, 0.15) is 18.0 Å². The van der Waals surface area contributed by atoms with Crippen LogP contribution in [-0.4, -0.2) is 54.6 Å². The first-order valence-corrected chi connectivity index (χ1v) is 7.09. The van der Waals surface area contributed by atoms with Crippen molar-refractivity contribution in [2.24, 2.45) is 5.92 Å². The summed E-state index contributed by atoms with van der Waals surface area (Å²) in [5.74, 6) is 2.62. The molecule has 0 spiro atoms. The average molecular weight is 263 g/mol. The maximum absolute atomic E-state index is 4.41. The van der Waals surface area contributed by atoms with E-state index in [2.05, 4.69) is 59.1 Å². The third kappa shape index (κ3) is 3.35. The summed E-state index contributed by atoms with van der Waals surface area (Å²) in [5.41, 5.74) is 0. The lowest BCUT2D eigenvalue weighted by Gasteiger charge is -2.22. The molecule has 1 fully saturated rings. The molecule has 5 heteroatoms. The predicted octanol–water partition coefficient (Wildman–Crippen LogP) is 1.68. The molecule has 1 aliphatic heterocycles. The van der Waals surface area contributed by atoms with Gasteiger partial charge in [-0.15, -0.1) is 0 Å². The van der Waals surface area contributed by atoms with Crippen molar-refractivity contribution in [3.8, 4) is 0 Å². The van der Waals surface area contributed by atoms with E-state index in [1.165, 1.54) is 0 Å². The molecule has 2 rings (SSSR count). The molecule has 2 unspecified atom stereocenters. The van der Waals surface area contributed by atoms with Gasteiger partial charge in [0.25, 0.3) is 0 Å². The standard InChI is InChI=1S/C14H25N5/c1-5-6-15-13-7-14(17-10-16-13)19-8-11(2)12(9-19)18(3)4/h7,10-12H,5-6,8-9H2,1-4H3,(H,15,16,17). The summed E-state index contributed by atoms with van der Waals surface area (Å²) < 4.78 is 0. The van der Waals surface area contributed by atoms with Gasteiger partial charge in [0.15, 0.2) is 0 Å². The second kappa shape index (κ2) is 6.19. The number of rotatable bonds is 5. The van der Waals surface area contributed by atoms with E-state index in [1.54, 1.807) is 6.33 Å². The van der Waals surface area contributed by atoms with Gasteiger partial charge < -0.3 is 15.1 Å². The van der Waals surface area contributed by atoms with Crippen LogP contribution in [0.5, 0.6) is 0 Å². The van der Waals surface area contributed by atoms with Gasteiger partial charge in [-0.1, -0.05) is 13.8 Å². The first-order valence-electron chi connectivity index (χ1n) is 7.09. The summed E-state index contributed by atoms with van der Waals surface area (Å²) in [6.07, 6.45) is 2.75. The Morgan fingerprint density at radius 2 is 2.16 bits per heavy atom. The Morgan fingerprint density at radius 3 is 2.79 bits per heavy atom. The van der Waals surface area contributed by atoms with Crippen molar-refractivity contribution in [1.82, 2.24) is 14.9 Å². The fraction of sp³-hybridized carbons (Fsp3) is 0.714. The zero-order chi connectivity index (χ0) is 13.8. The lowest BCUT2D eigenvalue weighted by molar-refractivity contribution is 0.266. The summed E-state index contributed by atoms with van der Waals surface area (Å²) in [7, 11) is 4.30. The fourth-order valence-corrected chi connectivity index (χ4v) is 2.68. The Morgan fingerprint density at radius 1 is 1.37 bits per heavy atom. The normalized spacial score (nSPS) is 23.1. The quantitative estimate of drug-likeness (QED) is 0.875. The van der Waals surface area contributed by atoms with Crippen LogP contribution in [-0.2, 0) is 0 Å². The predicted molar refractivity (Wildman–Crippen MR) is 79.7 cm³/mol. The third-order valence-electron chi connectivity index (χ3n) is 3.77. The molecule has 0 bridgehead atoms. The van der Waals surface area contributed by atoms with Gasteiger partial charge in [-0.05, 0) is 26.4 Å². The van der Waals surface area contributed by atoms with E-state index in [9.17, 15) is 0 Å². The number of hydrogen-bond acceptors (Lipinski definition) is 5. The smallest absolute Gasteiger partial charge is 0.134 e. The first-order chi connectivity index (χ1) is 9.11. The minimum atomic E-state index is 0.599. The van der Waals surface area contributed by atoms with Crippen molar-refractivity contribution in [3.63, 3.8) is 0 Å². The van der Waals surface area contributed by atoms with Crippen molar-refractivity contribution in [2.75, 3.05) is 43.9 Å². The first kappa shape index (κ1) is 14.1. The van der Waals surface area contributed by atoms with Crippen LogP contribution in [0.2, 0.25) is 0 Å². The van der Waals surface area contributed by atoms with Crippen molar-refractivity contribution in [2.45, 2.75) is 26.3 Å². The van der Waals surface area contributed by atoms with Gasteiger partial charge in [-0.25, -0.2) is 9.97 Å². The van der Waals surface area contributed by atoms with Gasteiger partial charge in [-0.3, -0.25) is 0 Å². The van der Waals surface area contributed by atoms with E-state index in [0.717, 1.165) is 37.7 Å². The van der Waals surface area contributed by atoms with Crippen LogP contribution in [0.3, 0.4) is 0 Å². The number of aromatic nitrogens is 2. The Balaban J connectivity index is 2.06. The molecule has 5 nitrogen and oxygen atoms in total. The molecule has 106 valence electrons. The van der Waals surface area contributed by atoms with E-state index in [1.807, 2.05) is 0 Å². The van der Waals surface area contributed by atoms with Crippen LogP contribution >= 0.6 is 0 Å². The molecule has 1 N–H and O–H groups in total. The molecule has 0 radical (unpaired) electrons. The molecule has 19 heavy (non-hydrogen) atoms. The van der Waals surface area contributed by atoms with E-state index in [0.29, 0.717) is 12.0 Å². The van der Waals surface area contributed by atoms with Crippen LogP contribution < -0.4 is 10.2 Å². The second-order valence-corrected chi connectivity index (χ2v) is 5.60. The van der Waals surface area contributed by atoms with Gasteiger partial charge in [-0.2, -0.15) is 0 Å². The van der Waals surface area contributed by atoms with E-state index >= 15 is 0 Å². The molecule has 1 aliphatic rings. The Labute approximate surface area is 116 Å². The molecule has 0 aromatic carbocycles. The number of hydrogen-bond donors (Lipinski definition) is 1. The highest BCUT2D eigenvalue weighted by Gasteiger charge is 2.31. The van der Waals surface area contributed by atoms with Gasteiger partial charge in [0.2, 0.25) is 0 Å². The van der Waals surface area contributed by atoms with Crippen molar-refractivity contribution >= 4 is 11.6 Å². The summed E-state index contributed by atoms with van der Waals surface area (Å²) in [6.45, 7) is 7.51. The zero-order valence-electron chi connectivity index (χ0n) is 12.4. The molecule has 0 saturated carbocycles. The maximum atomic E-state index is 4.41. The molecule has 1 aromatic rings. The van der Waals surface area contributed by atoms with Gasteiger partial charge in [0, 0.05) is 31.7 Å². The van der Waals surface area contributed by atoms with E-state index in [4.69, 9.17) is 0 Å². The van der Waals surface area contributed by atoms with Gasteiger partial charge in [0.05, 0.1) is 0 Å². The maximum Gasteiger partial charge on any atom is 0.134 e. The topological polar surface area (TPSA) is 44.3 Å². The van der Waals surface area contributed by atoms with E-state index in [-0.39, 0.29) is 0 Å². The highest BCUT2D eigenvalue weighted by atomic mass is 15.3. The van der Waals surface area contributed by atoms with Crippen LogP contribution in [0.1, 0.15) is 20.3 Å². The Bertz CT molecular complexity index is 407. The average Bonchev–Trinajstić information content (AvgIpc) is 2.79. The molecule has 1 saturated heterocycles. The lowest BCUT2D eigenvalue weighted by atomic mass is 10.1. The molecule has 0 aliphatic carbocycles. The highest BCUT2D eigenvalue weighted by Crippen LogP contribution is 2.25. The second-order valence-electron chi connectivity index (χ2n) is 5.60. The Hall–Kier alpha value is -1.36. The molecule has 2 atom stereocenters. The summed E-state index contributed by atoms with van der Waals surface area (Å²) in [6, 6.07) is 2.66. The number of nitrogens with one attached hydrogen (secondary N) is 1. The van der Waals surface area contributed by atoms with E-state index < -0.39 is 0 Å². The molecular formula is C14H25N5. The highest BCUT2D eigenvalue weighted by molar-refractivity contribution is 5.49. The van der Waals surface area contributed by atoms with Crippen LogP contribution in [0, 0.1) is 5.92 Å². The lowest BCUT2D eigenvalue weighted by Crippen LogP contribution is -2.34. The summed E-state index contributed by atoms with van der Waals surface area (Å²) in [4.78, 5) is 13.3. The number of anilines is 2. The summed E-state index contributed by atoms with van der Waals surface area (Å²) in [5, 5.41) is 3.32. The monoisotopic (exact) mass is 263 g/mol. The van der Waals surface area contributed by atoms with Crippen LogP contribution in [0.4, 0.5) is 11.6 Å². The molecule has 1 aromatic heterocycles. The minimum Gasteiger partial charge on any atom is -0.370 e. The SMILES string of the molecule is CCCNc1cc(N2CC(C)C(N(C)C)C2)ncn1. The van der Waals surface area contributed by atoms with Gasteiger partial charge >= 0.3 is 0 Å². The third-order valence-corrected chi connectivity index (χ3v) is 3.77. The number of nitrogens with zero attached hydrogens (tertiary/aromatic N) is 4. The zero-order valence-corrected chi connectivity index (χ0v) is 12.4. The largest absolute Gasteiger partial charge is 0.370 e. The molecule has 0 amide bonds. The van der Waals surface area contributed by atoms with Crippen molar-refractivity contribution in [1.29, 1.82) is 0 Å².